The third-order valence-electron chi connectivity index (χ3n) is 5.36. The molecule has 1 amide bonds. The zero-order chi connectivity index (χ0) is 19.4. The highest BCUT2D eigenvalue weighted by atomic mass is 35.5. The van der Waals surface area contributed by atoms with Crippen LogP contribution < -0.4 is 5.73 Å². The Hall–Kier alpha value is -1.41. The number of nitrogens with two attached hydrogens (primary N) is 1. The first-order valence-corrected chi connectivity index (χ1v) is 10.0. The van der Waals surface area contributed by atoms with Crippen molar-refractivity contribution < 1.29 is 9.53 Å². The van der Waals surface area contributed by atoms with Gasteiger partial charge in [-0.05, 0) is 52.1 Å². The number of carbonyl (C=O) groups excluding carboxylic acids is 1. The fourth-order valence-corrected chi connectivity index (χ4v) is 3.54. The highest BCUT2D eigenvalue weighted by Gasteiger charge is 2.26. The molecule has 2 aromatic rings. The second kappa shape index (κ2) is 11.7. The van der Waals surface area contributed by atoms with Crippen molar-refractivity contribution in [2.24, 2.45) is 5.73 Å². The summed E-state index contributed by atoms with van der Waals surface area (Å²) in [6.07, 6.45) is 5.60. The number of aryl methyl sites for hydroxylation is 1. The van der Waals surface area contributed by atoms with E-state index >= 15 is 0 Å². The number of hydrogen-bond donors (Lipinski definition) is 1. The molecule has 0 aliphatic carbocycles. The molecule has 1 saturated heterocycles. The fraction of sp³-hybridized carbons (Fsp3) is 0.650. The topological polar surface area (TPSA) is 86.3 Å². The quantitative estimate of drug-likeness (QED) is 0.658. The second-order valence-electron chi connectivity index (χ2n) is 7.40. The molecule has 1 aliphatic heterocycles. The Morgan fingerprint density at radius 2 is 2.03 bits per heavy atom. The minimum Gasteiger partial charge on any atom is -0.378 e. The molecule has 0 saturated carbocycles. The average Bonchev–Trinajstić information content (AvgIpc) is 3.10. The number of hydrogen-bond acceptors (Lipinski definition) is 5. The Morgan fingerprint density at radius 3 is 2.66 bits per heavy atom. The number of ether oxygens (including phenoxy) is 1. The number of rotatable bonds is 7. The molecule has 3 rings (SSSR count). The van der Waals surface area contributed by atoms with E-state index in [0.717, 1.165) is 42.4 Å². The molecule has 2 aromatic heterocycles. The molecule has 9 heteroatoms. The molecule has 1 atom stereocenters. The Balaban J connectivity index is 0.00000210. The van der Waals surface area contributed by atoms with Crippen molar-refractivity contribution in [2.75, 3.05) is 26.2 Å². The second-order valence-corrected chi connectivity index (χ2v) is 7.40. The maximum absolute atomic E-state index is 13.2. The van der Waals surface area contributed by atoms with Gasteiger partial charge in [0.25, 0.3) is 5.91 Å². The van der Waals surface area contributed by atoms with E-state index in [4.69, 9.17) is 10.5 Å². The third kappa shape index (κ3) is 5.81. The lowest BCUT2D eigenvalue weighted by molar-refractivity contribution is 0.00849. The number of aromatic nitrogens is 3. The highest BCUT2D eigenvalue weighted by Crippen LogP contribution is 2.25. The van der Waals surface area contributed by atoms with Crippen LogP contribution in [0.4, 0.5) is 0 Å². The summed E-state index contributed by atoms with van der Waals surface area (Å²) >= 11 is 0. The van der Waals surface area contributed by atoms with E-state index in [0.29, 0.717) is 31.8 Å². The van der Waals surface area contributed by atoms with Crippen LogP contribution in [0.1, 0.15) is 61.6 Å². The summed E-state index contributed by atoms with van der Waals surface area (Å²) in [7, 11) is 0. The van der Waals surface area contributed by atoms with E-state index in [9.17, 15) is 4.79 Å². The number of piperidine rings is 1. The van der Waals surface area contributed by atoms with Crippen LogP contribution in [0.25, 0.3) is 11.0 Å². The Kier molecular flexibility index (Phi) is 10.3. The Bertz CT molecular complexity index is 791. The lowest BCUT2D eigenvalue weighted by Crippen LogP contribution is -2.41. The lowest BCUT2D eigenvalue weighted by Gasteiger charge is -2.32. The highest BCUT2D eigenvalue weighted by molar-refractivity contribution is 6.05. The molecule has 7 nitrogen and oxygen atoms in total. The van der Waals surface area contributed by atoms with Gasteiger partial charge in [-0.15, -0.1) is 24.8 Å². The van der Waals surface area contributed by atoms with Gasteiger partial charge in [0.15, 0.2) is 5.65 Å². The molecule has 1 aliphatic rings. The predicted octanol–water partition coefficient (Wildman–Crippen LogP) is 3.52. The molecule has 0 radical (unpaired) electrons. The zero-order valence-electron chi connectivity index (χ0n) is 17.5. The summed E-state index contributed by atoms with van der Waals surface area (Å²) in [4.78, 5) is 19.8. The van der Waals surface area contributed by atoms with Crippen molar-refractivity contribution >= 4 is 41.8 Å². The van der Waals surface area contributed by atoms with Crippen molar-refractivity contribution in [2.45, 2.75) is 58.6 Å². The summed E-state index contributed by atoms with van der Waals surface area (Å²) in [6.45, 7) is 8.96. The van der Waals surface area contributed by atoms with Crippen LogP contribution in [0.3, 0.4) is 0 Å². The molecule has 0 aromatic carbocycles. The number of carbonyl (C=O) groups is 1. The van der Waals surface area contributed by atoms with Crippen LogP contribution in [0.2, 0.25) is 0 Å². The molecule has 0 bridgehead atoms. The van der Waals surface area contributed by atoms with Gasteiger partial charge in [-0.3, -0.25) is 4.79 Å². The van der Waals surface area contributed by atoms with Gasteiger partial charge in [0.05, 0.1) is 29.3 Å². The molecular weight excluding hydrogens is 413 g/mol. The average molecular weight is 446 g/mol. The molecule has 1 fully saturated rings. The maximum atomic E-state index is 13.2. The molecule has 1 unspecified atom stereocenters. The van der Waals surface area contributed by atoms with Crippen molar-refractivity contribution in [3.8, 4) is 0 Å². The van der Waals surface area contributed by atoms with E-state index in [-0.39, 0.29) is 42.9 Å². The van der Waals surface area contributed by atoms with Crippen molar-refractivity contribution in [1.82, 2.24) is 19.7 Å². The van der Waals surface area contributed by atoms with Crippen LogP contribution in [-0.4, -0.2) is 57.9 Å². The van der Waals surface area contributed by atoms with Gasteiger partial charge in [-0.2, -0.15) is 5.10 Å². The summed E-state index contributed by atoms with van der Waals surface area (Å²) in [5.41, 5.74) is 7.86. The normalized spacial score (nSPS) is 15.7. The maximum Gasteiger partial charge on any atom is 0.254 e. The van der Waals surface area contributed by atoms with Crippen molar-refractivity contribution in [3.63, 3.8) is 0 Å². The summed E-state index contributed by atoms with van der Waals surface area (Å²) in [5, 5.41) is 5.34. The minimum atomic E-state index is 0. The third-order valence-corrected chi connectivity index (χ3v) is 5.36. The van der Waals surface area contributed by atoms with Crippen molar-refractivity contribution in [3.05, 3.63) is 23.5 Å². The van der Waals surface area contributed by atoms with E-state index in [1.54, 1.807) is 6.20 Å². The van der Waals surface area contributed by atoms with Gasteiger partial charge in [-0.25, -0.2) is 9.67 Å². The monoisotopic (exact) mass is 445 g/mol. The first kappa shape index (κ1) is 25.6. The fourth-order valence-electron chi connectivity index (χ4n) is 3.54. The standard InChI is InChI=1S/C20H31N5O2.2ClH/c1-4-15(3)25-19-18(13-22-25)17(12-14(2)23-19)20(26)24-9-6-16(7-10-24)27-11-5-8-21;;/h12-13,15-16H,4-11,21H2,1-3H3;2*1H. The molecule has 2 N–H and O–H groups in total. The van der Waals surface area contributed by atoms with Crippen molar-refractivity contribution in [1.29, 1.82) is 0 Å². The first-order valence-electron chi connectivity index (χ1n) is 10.0. The lowest BCUT2D eigenvalue weighted by atomic mass is 10.0. The van der Waals surface area contributed by atoms with Crippen LogP contribution in [0, 0.1) is 6.92 Å². The van der Waals surface area contributed by atoms with Crippen LogP contribution in [0.5, 0.6) is 0 Å². The summed E-state index contributed by atoms with van der Waals surface area (Å²) in [5.74, 6) is 0.0645. The SMILES string of the molecule is CCC(C)n1ncc2c(C(=O)N3CCC(OCCCN)CC3)cc(C)nc21.Cl.Cl. The Morgan fingerprint density at radius 1 is 1.34 bits per heavy atom. The van der Waals surface area contributed by atoms with Gasteiger partial charge in [0.1, 0.15) is 0 Å². The Labute approximate surface area is 185 Å². The number of pyridine rings is 1. The molecule has 3 heterocycles. The molecule has 0 spiro atoms. The first-order chi connectivity index (χ1) is 13.0. The van der Waals surface area contributed by atoms with Gasteiger partial charge >= 0.3 is 0 Å². The minimum absolute atomic E-state index is 0. The van der Waals surface area contributed by atoms with E-state index in [1.165, 1.54) is 0 Å². The molecule has 29 heavy (non-hydrogen) atoms. The number of halogens is 2. The summed E-state index contributed by atoms with van der Waals surface area (Å²) in [6, 6.07) is 2.14. The number of likely N-dealkylation sites (tertiary alicyclic amines) is 1. The number of amides is 1. The van der Waals surface area contributed by atoms with E-state index in [2.05, 4.69) is 23.9 Å². The largest absolute Gasteiger partial charge is 0.378 e. The predicted molar refractivity (Wildman–Crippen MR) is 120 cm³/mol. The molecule has 164 valence electrons. The van der Waals surface area contributed by atoms with E-state index in [1.807, 2.05) is 22.6 Å². The van der Waals surface area contributed by atoms with Gasteiger partial charge in [0, 0.05) is 25.4 Å². The van der Waals surface area contributed by atoms with Crippen LogP contribution in [0.15, 0.2) is 12.3 Å². The smallest absolute Gasteiger partial charge is 0.254 e. The summed E-state index contributed by atoms with van der Waals surface area (Å²) < 4.78 is 7.77. The number of nitrogens with zero attached hydrogens (tertiary/aromatic N) is 4. The van der Waals surface area contributed by atoms with Gasteiger partial charge in [0.2, 0.25) is 0 Å². The van der Waals surface area contributed by atoms with E-state index < -0.39 is 0 Å². The van der Waals surface area contributed by atoms with Gasteiger partial charge < -0.3 is 15.4 Å². The zero-order valence-corrected chi connectivity index (χ0v) is 19.1. The number of fused-ring (bicyclic) bond motifs is 1. The van der Waals surface area contributed by atoms with Crippen LogP contribution >= 0.6 is 24.8 Å². The van der Waals surface area contributed by atoms with Gasteiger partial charge in [-0.1, -0.05) is 6.92 Å². The van der Waals surface area contributed by atoms with Crippen LogP contribution in [-0.2, 0) is 4.74 Å². The molecular formula is C20H33Cl2N5O2.